The quantitative estimate of drug-likeness (QED) is 0.154. The monoisotopic (exact) mass is 492 g/mol. The molecule has 4 aromatic carbocycles. The van der Waals surface area contributed by atoms with Crippen LogP contribution in [-0.4, -0.2) is 29.8 Å². The Bertz CT molecular complexity index is 1330. The maximum atomic E-state index is 12.5. The van der Waals surface area contributed by atoms with Crippen molar-refractivity contribution in [3.05, 3.63) is 127 Å². The smallest absolute Gasteiger partial charge is 0.359 e. The summed E-state index contributed by atoms with van der Waals surface area (Å²) in [6.07, 6.45) is 0. The largest absolute Gasteiger partial charge is 0.464 e. The van der Waals surface area contributed by atoms with Crippen molar-refractivity contribution in [2.45, 2.75) is 13.8 Å². The number of hydrogen-bond acceptors (Lipinski definition) is 4. The molecular weight excluding hydrogens is 463 g/mol. The zero-order valence-electron chi connectivity index (χ0n) is 20.7. The number of carbonyl (C=O) groups excluding carboxylic acids is 1. The second kappa shape index (κ2) is 11.6. The Morgan fingerprint density at radius 2 is 1.00 bits per heavy atom. The van der Waals surface area contributed by atoms with Crippen molar-refractivity contribution in [1.82, 2.24) is 0 Å². The summed E-state index contributed by atoms with van der Waals surface area (Å²) in [5.41, 5.74) is 1.60. The van der Waals surface area contributed by atoms with E-state index in [1.165, 1.54) is 23.0 Å². The normalized spacial score (nSPS) is 12.2. The molecule has 0 saturated carbocycles. The third-order valence-electron chi connectivity index (χ3n) is 6.18. The predicted octanol–water partition coefficient (Wildman–Crippen LogP) is 5.21. The van der Waals surface area contributed by atoms with Gasteiger partial charge in [-0.3, -0.25) is 0 Å². The van der Waals surface area contributed by atoms with Crippen LogP contribution in [0.5, 0.6) is 0 Å². The molecule has 4 aromatic rings. The number of ether oxygens (including phenoxy) is 1. The van der Waals surface area contributed by atoms with E-state index in [1.54, 1.807) is 0 Å². The van der Waals surface area contributed by atoms with Gasteiger partial charge < -0.3 is 4.74 Å². The van der Waals surface area contributed by atoms with Gasteiger partial charge in [0.15, 0.2) is 5.71 Å². The molecule has 0 saturated heterocycles. The Labute approximate surface area is 213 Å². The van der Waals surface area contributed by atoms with E-state index in [4.69, 9.17) is 4.74 Å². The number of methoxy groups -OCH3 is 1. The summed E-state index contributed by atoms with van der Waals surface area (Å²) in [6.45, 7) is 1.83. The van der Waals surface area contributed by atoms with Crippen molar-refractivity contribution >= 4 is 45.5 Å². The summed E-state index contributed by atoms with van der Waals surface area (Å²) in [4.78, 5) is 12.5. The number of rotatable bonds is 7. The molecule has 0 radical (unpaired) electrons. The third kappa shape index (κ3) is 5.00. The Morgan fingerprint density at radius 1 is 0.611 bits per heavy atom. The first-order valence-corrected chi connectivity index (χ1v) is 13.5. The Balaban J connectivity index is 2.04. The lowest BCUT2D eigenvalue weighted by molar-refractivity contribution is -0.132. The van der Waals surface area contributed by atoms with Crippen molar-refractivity contribution in [3.63, 3.8) is 0 Å². The van der Waals surface area contributed by atoms with E-state index >= 15 is 0 Å². The molecule has 36 heavy (non-hydrogen) atoms. The second-order valence-corrected chi connectivity index (χ2v) is 11.8. The van der Waals surface area contributed by atoms with Crippen LogP contribution in [0.25, 0.3) is 0 Å². The molecule has 0 heterocycles. The summed E-state index contributed by atoms with van der Waals surface area (Å²) >= 11 is 0. The van der Waals surface area contributed by atoms with E-state index < -0.39 is 12.9 Å². The van der Waals surface area contributed by atoms with Crippen LogP contribution >= 0.6 is 6.89 Å². The summed E-state index contributed by atoms with van der Waals surface area (Å²) in [5, 5.41) is 13.8. The van der Waals surface area contributed by atoms with Gasteiger partial charge in [-0.15, -0.1) is 5.10 Å². The highest BCUT2D eigenvalue weighted by Gasteiger charge is 2.29. The van der Waals surface area contributed by atoms with E-state index in [2.05, 4.69) is 89.9 Å². The topological polar surface area (TPSA) is 51.0 Å². The van der Waals surface area contributed by atoms with Gasteiger partial charge in [-0.05, 0) is 41.9 Å². The van der Waals surface area contributed by atoms with E-state index in [9.17, 15) is 4.79 Å². The standard InChI is InChI=1S/C31H29N2O2P/c1-24(32-33-30(31(34)35-3)26-16-8-4-9-17-26)25(2)36(27-18-10-5-11-19-27,28-20-12-6-13-21-28)29-22-14-7-15-23-29/h4-23H,1-3H3/b32-24+,33-30-. The van der Waals surface area contributed by atoms with E-state index in [-0.39, 0.29) is 5.71 Å². The lowest BCUT2D eigenvalue weighted by atomic mass is 10.1. The minimum absolute atomic E-state index is 0.174. The molecule has 0 fully saturated rings. The van der Waals surface area contributed by atoms with Crippen LogP contribution in [0.2, 0.25) is 0 Å². The molecule has 180 valence electrons. The molecule has 4 rings (SSSR count). The highest BCUT2D eigenvalue weighted by molar-refractivity contribution is 7.96. The Hall–Kier alpha value is -4.01. The highest BCUT2D eigenvalue weighted by atomic mass is 31.2. The fourth-order valence-electron chi connectivity index (χ4n) is 4.33. The minimum Gasteiger partial charge on any atom is -0.464 e. The molecule has 0 atom stereocenters. The maximum absolute atomic E-state index is 12.5. The van der Waals surface area contributed by atoms with Gasteiger partial charge in [0.2, 0.25) is 0 Å². The van der Waals surface area contributed by atoms with Gasteiger partial charge in [-0.25, -0.2) is 4.79 Å². The zero-order chi connectivity index (χ0) is 25.4. The number of carbonyl (C=O) groups is 1. The van der Waals surface area contributed by atoms with Crippen LogP contribution < -0.4 is 15.9 Å². The summed E-state index contributed by atoms with van der Waals surface area (Å²) in [5.74, 6) is -0.523. The number of benzene rings is 4. The summed E-state index contributed by atoms with van der Waals surface area (Å²) < 4.78 is 5.00. The molecule has 0 aliphatic heterocycles. The van der Waals surface area contributed by atoms with Crippen LogP contribution in [0.3, 0.4) is 0 Å². The van der Waals surface area contributed by atoms with Gasteiger partial charge in [0, 0.05) is 5.56 Å². The SMILES string of the molecule is COC(=O)/C(=N\N=C(/C)C(C)=P(c1ccccc1)(c1ccccc1)c1ccccc1)c1ccccc1. The molecule has 5 heteroatoms. The molecule has 0 bridgehead atoms. The molecule has 0 aliphatic rings. The minimum atomic E-state index is -2.26. The first-order chi connectivity index (χ1) is 17.6. The van der Waals surface area contributed by atoms with Crippen molar-refractivity contribution in [2.75, 3.05) is 7.11 Å². The molecular formula is C31H29N2O2P. The summed E-state index contributed by atoms with van der Waals surface area (Å²) in [7, 11) is 1.35. The molecule has 0 amide bonds. The predicted molar refractivity (Wildman–Crippen MR) is 154 cm³/mol. The third-order valence-corrected chi connectivity index (χ3v) is 10.7. The number of esters is 1. The Kier molecular flexibility index (Phi) is 8.10. The number of nitrogens with zero attached hydrogens (tertiary/aromatic N) is 2. The molecule has 0 aromatic heterocycles. The molecule has 0 spiro atoms. The van der Waals surface area contributed by atoms with Crippen molar-refractivity contribution in [3.8, 4) is 0 Å². The lowest BCUT2D eigenvalue weighted by Gasteiger charge is -2.31. The zero-order valence-corrected chi connectivity index (χ0v) is 21.6. The van der Waals surface area contributed by atoms with Gasteiger partial charge in [0.05, 0.1) is 12.8 Å². The fraction of sp³-hybridized carbons (Fsp3) is 0.0968. The first kappa shape index (κ1) is 25.1. The van der Waals surface area contributed by atoms with E-state index in [1.807, 2.05) is 55.5 Å². The lowest BCUT2D eigenvalue weighted by Crippen LogP contribution is -2.31. The molecule has 0 aliphatic carbocycles. The highest BCUT2D eigenvalue weighted by Crippen LogP contribution is 2.46. The molecule has 0 unspecified atom stereocenters. The van der Waals surface area contributed by atoms with E-state index in [0.29, 0.717) is 5.56 Å². The maximum Gasteiger partial charge on any atom is 0.359 e. The van der Waals surface area contributed by atoms with Crippen molar-refractivity contribution in [2.24, 2.45) is 10.2 Å². The van der Waals surface area contributed by atoms with Crippen LogP contribution in [0.15, 0.2) is 132 Å². The van der Waals surface area contributed by atoms with Crippen molar-refractivity contribution in [1.29, 1.82) is 0 Å². The van der Waals surface area contributed by atoms with Crippen LogP contribution in [-0.2, 0) is 9.53 Å². The number of hydrogen-bond donors (Lipinski definition) is 0. The van der Waals surface area contributed by atoms with Gasteiger partial charge in [0.25, 0.3) is 0 Å². The summed E-state index contributed by atoms with van der Waals surface area (Å²) in [6, 6.07) is 41.0. The second-order valence-electron chi connectivity index (χ2n) is 8.25. The average Bonchev–Trinajstić information content (AvgIpc) is 2.95. The van der Waals surface area contributed by atoms with Crippen LogP contribution in [0.4, 0.5) is 0 Å². The molecule has 4 nitrogen and oxygen atoms in total. The van der Waals surface area contributed by atoms with E-state index in [0.717, 1.165) is 11.0 Å². The van der Waals surface area contributed by atoms with Gasteiger partial charge in [0.1, 0.15) is 0 Å². The van der Waals surface area contributed by atoms with Crippen LogP contribution in [0.1, 0.15) is 19.4 Å². The molecule has 0 N–H and O–H groups in total. The van der Waals surface area contributed by atoms with Crippen LogP contribution in [0, 0.1) is 0 Å². The Morgan fingerprint density at radius 3 is 1.39 bits per heavy atom. The van der Waals surface area contributed by atoms with Gasteiger partial charge >= 0.3 is 5.97 Å². The van der Waals surface area contributed by atoms with Gasteiger partial charge in [-0.1, -0.05) is 121 Å². The van der Waals surface area contributed by atoms with Gasteiger partial charge in [-0.2, -0.15) is 5.10 Å². The average molecular weight is 493 g/mol. The van der Waals surface area contributed by atoms with Crippen molar-refractivity contribution < 1.29 is 9.53 Å². The first-order valence-electron chi connectivity index (χ1n) is 11.8. The fourth-order valence-corrected chi connectivity index (χ4v) is 8.78.